The zero-order valence-corrected chi connectivity index (χ0v) is 19.0. The second kappa shape index (κ2) is 11.2. The molecule has 1 heterocycles. The Balaban J connectivity index is 0.000000257. The normalized spacial score (nSPS) is 16.6. The Labute approximate surface area is 197 Å². The highest BCUT2D eigenvalue weighted by atomic mass is 16.7. The van der Waals surface area contributed by atoms with Crippen LogP contribution in [0.4, 0.5) is 0 Å². The average molecular weight is 469 g/mol. The molecule has 34 heavy (non-hydrogen) atoms. The maximum absolute atomic E-state index is 12.0. The van der Waals surface area contributed by atoms with E-state index in [-0.39, 0.29) is 23.8 Å². The van der Waals surface area contributed by atoms with Crippen LogP contribution in [0, 0.1) is 5.92 Å². The molecule has 180 valence electrons. The van der Waals surface area contributed by atoms with Crippen LogP contribution in [0.1, 0.15) is 43.2 Å². The van der Waals surface area contributed by atoms with Crippen LogP contribution in [0.3, 0.4) is 0 Å². The van der Waals surface area contributed by atoms with Gasteiger partial charge in [-0.2, -0.15) is 0 Å². The van der Waals surface area contributed by atoms with Gasteiger partial charge in [-0.25, -0.2) is 0 Å². The number of carboxylic acid groups (broad SMARTS) is 1. The number of carboxylic acids is 1. The molecule has 3 N–H and O–H groups in total. The first-order valence-corrected chi connectivity index (χ1v) is 10.5. The molecule has 2 aromatic carbocycles. The van der Waals surface area contributed by atoms with Crippen LogP contribution in [0.2, 0.25) is 0 Å². The summed E-state index contributed by atoms with van der Waals surface area (Å²) >= 11 is 0. The number of aromatic hydroxyl groups is 2. The van der Waals surface area contributed by atoms with Gasteiger partial charge in [0.15, 0.2) is 5.92 Å². The predicted octanol–water partition coefficient (Wildman–Crippen LogP) is 4.25. The number of carbonyl (C=O) groups excluding carboxylic acids is 2. The Morgan fingerprint density at radius 1 is 0.971 bits per heavy atom. The van der Waals surface area contributed by atoms with Crippen LogP contribution < -0.4 is 0 Å². The van der Waals surface area contributed by atoms with Crippen molar-refractivity contribution in [2.45, 2.75) is 37.9 Å². The minimum atomic E-state index is -1.25. The van der Waals surface area contributed by atoms with Crippen molar-refractivity contribution >= 4 is 17.9 Å². The van der Waals surface area contributed by atoms with Crippen LogP contribution in [0.25, 0.3) is 0 Å². The summed E-state index contributed by atoms with van der Waals surface area (Å²) in [4.78, 5) is 34.6. The number of carbonyl (C=O) groups is 3. The zero-order chi connectivity index (χ0) is 25.5. The fourth-order valence-electron chi connectivity index (χ4n) is 3.50. The van der Waals surface area contributed by atoms with Crippen molar-refractivity contribution < 1.29 is 39.2 Å². The van der Waals surface area contributed by atoms with Gasteiger partial charge in [0.25, 0.3) is 5.79 Å². The van der Waals surface area contributed by atoms with Crippen LogP contribution in [0.5, 0.6) is 11.5 Å². The molecule has 1 aliphatic rings. The highest BCUT2D eigenvalue weighted by Gasteiger charge is 2.46. The first kappa shape index (κ1) is 26.2. The molecule has 1 aliphatic heterocycles. The van der Waals surface area contributed by atoms with E-state index in [0.717, 1.165) is 5.56 Å². The molecular weight excluding hydrogens is 440 g/mol. The fraction of sp³-hybridized carbons (Fsp3) is 0.269. The number of phenols is 2. The Kier molecular flexibility index (Phi) is 8.61. The molecule has 0 aliphatic carbocycles. The van der Waals surface area contributed by atoms with E-state index in [1.807, 2.05) is 0 Å². The number of ether oxygens (including phenoxy) is 2. The molecule has 0 spiro atoms. The van der Waals surface area contributed by atoms with Gasteiger partial charge in [0, 0.05) is 25.7 Å². The standard InChI is InChI=1S/C15H16O5.C11H12O3/c1-4-11(9-6-5-7-10(16)8-9)12-13(17)19-15(2,3)20-14(12)18;1-2-8(7-11(13)14)9-4-3-5-10(12)6-9/h4-8,11-12,16H,1H2,2-3H3;2-6,8,12H,1,7H2,(H,13,14). The van der Waals surface area contributed by atoms with Crippen molar-refractivity contribution in [3.63, 3.8) is 0 Å². The van der Waals surface area contributed by atoms with Gasteiger partial charge in [-0.15, -0.1) is 13.2 Å². The van der Waals surface area contributed by atoms with Crippen molar-refractivity contribution in [2.75, 3.05) is 0 Å². The van der Waals surface area contributed by atoms with Gasteiger partial charge in [-0.3, -0.25) is 14.4 Å². The second-order valence-electron chi connectivity index (χ2n) is 8.11. The molecular formula is C26H28O8. The molecule has 1 saturated heterocycles. The van der Waals surface area contributed by atoms with Crippen molar-refractivity contribution in [1.82, 2.24) is 0 Å². The van der Waals surface area contributed by atoms with Crippen molar-refractivity contribution in [3.8, 4) is 11.5 Å². The summed E-state index contributed by atoms with van der Waals surface area (Å²) in [5.41, 5.74) is 1.36. The fourth-order valence-corrected chi connectivity index (χ4v) is 3.50. The molecule has 0 amide bonds. The van der Waals surface area contributed by atoms with E-state index in [9.17, 15) is 24.6 Å². The quantitative estimate of drug-likeness (QED) is 0.312. The van der Waals surface area contributed by atoms with Crippen LogP contribution in [-0.2, 0) is 23.9 Å². The molecule has 8 heteroatoms. The molecule has 0 saturated carbocycles. The van der Waals surface area contributed by atoms with E-state index in [2.05, 4.69) is 13.2 Å². The summed E-state index contributed by atoms with van der Waals surface area (Å²) in [5, 5.41) is 27.3. The SMILES string of the molecule is C=CC(CC(=O)O)c1cccc(O)c1.C=CC(c1cccc(O)c1)C1C(=O)OC(C)(C)OC1=O. The van der Waals surface area contributed by atoms with Crippen LogP contribution in [0.15, 0.2) is 73.8 Å². The number of rotatable bonds is 7. The summed E-state index contributed by atoms with van der Waals surface area (Å²) in [5.74, 6) is -5.22. The summed E-state index contributed by atoms with van der Waals surface area (Å²) in [6.07, 6.45) is 3.04. The van der Waals surface area contributed by atoms with Crippen molar-refractivity contribution in [2.24, 2.45) is 5.92 Å². The first-order valence-electron chi connectivity index (χ1n) is 10.5. The number of allylic oxidation sites excluding steroid dienone is 2. The number of phenolic OH excluding ortho intramolecular Hbond substituents is 2. The Hall–Kier alpha value is -4.07. The zero-order valence-electron chi connectivity index (χ0n) is 19.0. The van der Waals surface area contributed by atoms with Gasteiger partial charge in [-0.05, 0) is 35.4 Å². The lowest BCUT2D eigenvalue weighted by Crippen LogP contribution is -2.48. The number of esters is 2. The average Bonchev–Trinajstić information content (AvgIpc) is 2.74. The smallest absolute Gasteiger partial charge is 0.324 e. The maximum atomic E-state index is 12.0. The van der Waals surface area contributed by atoms with Gasteiger partial charge < -0.3 is 24.8 Å². The highest BCUT2D eigenvalue weighted by Crippen LogP contribution is 2.35. The second-order valence-corrected chi connectivity index (χ2v) is 8.11. The van der Waals surface area contributed by atoms with E-state index in [1.165, 1.54) is 32.1 Å². The predicted molar refractivity (Wildman–Crippen MR) is 124 cm³/mol. The number of hydrogen-bond acceptors (Lipinski definition) is 7. The van der Waals surface area contributed by atoms with E-state index in [1.54, 1.807) is 42.5 Å². The summed E-state index contributed by atoms with van der Waals surface area (Å²) in [6, 6.07) is 12.9. The van der Waals surface area contributed by atoms with Gasteiger partial charge in [0.05, 0.1) is 6.42 Å². The van der Waals surface area contributed by atoms with E-state index in [0.29, 0.717) is 5.56 Å². The van der Waals surface area contributed by atoms with Crippen molar-refractivity contribution in [1.29, 1.82) is 0 Å². The molecule has 2 unspecified atom stereocenters. The van der Waals surface area contributed by atoms with Gasteiger partial charge in [0.1, 0.15) is 11.5 Å². The van der Waals surface area contributed by atoms with Crippen molar-refractivity contribution in [3.05, 3.63) is 85.0 Å². The first-order chi connectivity index (χ1) is 16.0. The third-order valence-corrected chi connectivity index (χ3v) is 5.05. The molecule has 0 aromatic heterocycles. The van der Waals surface area contributed by atoms with Gasteiger partial charge in [-0.1, -0.05) is 36.4 Å². The summed E-state index contributed by atoms with van der Waals surface area (Å²) in [6.45, 7) is 10.2. The Bertz CT molecular complexity index is 1050. The van der Waals surface area contributed by atoms with Gasteiger partial charge in [0.2, 0.25) is 0 Å². The lowest BCUT2D eigenvalue weighted by atomic mass is 9.85. The largest absolute Gasteiger partial charge is 0.508 e. The Morgan fingerprint density at radius 2 is 1.47 bits per heavy atom. The maximum Gasteiger partial charge on any atom is 0.324 e. The number of hydrogen-bond donors (Lipinski definition) is 3. The third-order valence-electron chi connectivity index (χ3n) is 5.05. The minimum absolute atomic E-state index is 0.00699. The Morgan fingerprint density at radius 3 is 1.91 bits per heavy atom. The lowest BCUT2D eigenvalue weighted by molar-refractivity contribution is -0.240. The molecule has 0 radical (unpaired) electrons. The molecule has 3 rings (SSSR count). The van der Waals surface area contributed by atoms with E-state index in [4.69, 9.17) is 14.6 Å². The minimum Gasteiger partial charge on any atom is -0.508 e. The molecule has 2 atom stereocenters. The number of benzene rings is 2. The molecule has 8 nitrogen and oxygen atoms in total. The lowest BCUT2D eigenvalue weighted by Gasteiger charge is -2.35. The topological polar surface area (TPSA) is 130 Å². The van der Waals surface area contributed by atoms with Crippen LogP contribution >= 0.6 is 0 Å². The van der Waals surface area contributed by atoms with Gasteiger partial charge >= 0.3 is 17.9 Å². The number of cyclic esters (lactones) is 2. The van der Waals surface area contributed by atoms with E-state index < -0.39 is 35.5 Å². The summed E-state index contributed by atoms with van der Waals surface area (Å²) < 4.78 is 10.2. The van der Waals surface area contributed by atoms with Crippen LogP contribution in [-0.4, -0.2) is 39.0 Å². The molecule has 1 fully saturated rings. The highest BCUT2D eigenvalue weighted by molar-refractivity contribution is 5.98. The summed E-state index contributed by atoms with van der Waals surface area (Å²) in [7, 11) is 0. The van der Waals surface area contributed by atoms with E-state index >= 15 is 0 Å². The molecule has 2 aromatic rings. The number of aliphatic carboxylic acids is 1. The molecule has 0 bridgehead atoms. The third kappa shape index (κ3) is 6.96. The monoisotopic (exact) mass is 468 g/mol.